The summed E-state index contributed by atoms with van der Waals surface area (Å²) in [7, 11) is 4.94. The average Bonchev–Trinajstić information content (AvgIpc) is 3.61. The van der Waals surface area contributed by atoms with Gasteiger partial charge >= 0.3 is 5.97 Å². The minimum absolute atomic E-state index is 0.0503. The average molecular weight is 658 g/mol. The standard InChI is InChI=1S/C36H47N7O5/c1-21-25-13-11-22-18-28(43(31(22)40-25)16-10-8-7-9-15-36(2,3)35(46)38-21)32-41-27-17-23(19-29(47-5)30(27)42(32)4)33(44)39-24-12-14-26(37-20-24)34(45)48-6/h11,13,17-19,21,24,26,37H,7-10,12,14-16,20H2,1-6H3,(H,38,46)(H,39,44)/t21-,24-,26-/m1/s1. The molecule has 2 amide bonds. The minimum Gasteiger partial charge on any atom is -0.494 e. The number of carbonyl (C=O) groups excluding carboxylic acids is 3. The molecule has 1 saturated heterocycles. The fourth-order valence-electron chi connectivity index (χ4n) is 6.98. The number of ether oxygens (including phenoxy) is 2. The maximum atomic E-state index is 13.4. The molecule has 12 heteroatoms. The number of fused-ring (bicyclic) bond motifs is 2. The van der Waals surface area contributed by atoms with Crippen LogP contribution < -0.4 is 20.7 Å². The number of nitrogens with zero attached hydrogens (tertiary/aromatic N) is 4. The zero-order valence-electron chi connectivity index (χ0n) is 28.8. The Kier molecular flexibility index (Phi) is 9.46. The molecule has 0 radical (unpaired) electrons. The van der Waals surface area contributed by atoms with Crippen molar-refractivity contribution in [1.82, 2.24) is 35.1 Å². The summed E-state index contributed by atoms with van der Waals surface area (Å²) in [5, 5.41) is 10.4. The highest BCUT2D eigenvalue weighted by molar-refractivity contribution is 6.00. The second-order valence-electron chi connectivity index (χ2n) is 13.8. The number of methoxy groups -OCH3 is 2. The lowest BCUT2D eigenvalue weighted by Gasteiger charge is -2.28. The maximum absolute atomic E-state index is 13.4. The van der Waals surface area contributed by atoms with Crippen LogP contribution in [0.4, 0.5) is 0 Å². The van der Waals surface area contributed by atoms with Gasteiger partial charge in [0.1, 0.15) is 23.0 Å². The Morgan fingerprint density at radius 1 is 1.04 bits per heavy atom. The Labute approximate surface area is 281 Å². The molecular formula is C36H47N7O5. The van der Waals surface area contributed by atoms with Gasteiger partial charge in [-0.25, -0.2) is 9.97 Å². The fourth-order valence-corrected chi connectivity index (χ4v) is 6.98. The van der Waals surface area contributed by atoms with Crippen LogP contribution in [0.3, 0.4) is 0 Å². The van der Waals surface area contributed by atoms with Crippen LogP contribution in [0, 0.1) is 5.41 Å². The summed E-state index contributed by atoms with van der Waals surface area (Å²) in [6.07, 6.45) is 6.15. The Balaban J connectivity index is 1.34. The Morgan fingerprint density at radius 2 is 1.83 bits per heavy atom. The number of hydrogen-bond acceptors (Lipinski definition) is 8. The van der Waals surface area contributed by atoms with Crippen molar-refractivity contribution in [3.63, 3.8) is 0 Å². The van der Waals surface area contributed by atoms with Gasteiger partial charge in [-0.2, -0.15) is 0 Å². The molecule has 0 spiro atoms. The molecule has 0 saturated carbocycles. The molecule has 12 nitrogen and oxygen atoms in total. The van der Waals surface area contributed by atoms with Crippen molar-refractivity contribution in [2.45, 2.75) is 90.4 Å². The highest BCUT2D eigenvalue weighted by atomic mass is 16.5. The quantitative estimate of drug-likeness (QED) is 0.260. The summed E-state index contributed by atoms with van der Waals surface area (Å²) >= 11 is 0. The summed E-state index contributed by atoms with van der Waals surface area (Å²) in [6.45, 7) is 7.28. The monoisotopic (exact) mass is 657 g/mol. The Morgan fingerprint density at radius 3 is 2.56 bits per heavy atom. The van der Waals surface area contributed by atoms with E-state index in [4.69, 9.17) is 19.4 Å². The number of aromatic nitrogens is 4. The number of imidazole rings is 1. The molecule has 0 unspecified atom stereocenters. The molecular weight excluding hydrogens is 610 g/mol. The van der Waals surface area contributed by atoms with Crippen molar-refractivity contribution < 1.29 is 23.9 Å². The summed E-state index contributed by atoms with van der Waals surface area (Å²) in [4.78, 5) is 48.6. The highest BCUT2D eigenvalue weighted by Gasteiger charge is 2.30. The molecule has 3 N–H and O–H groups in total. The van der Waals surface area contributed by atoms with Crippen molar-refractivity contribution in [3.8, 4) is 17.3 Å². The van der Waals surface area contributed by atoms with Gasteiger partial charge in [-0.1, -0.05) is 33.1 Å². The van der Waals surface area contributed by atoms with Gasteiger partial charge in [-0.15, -0.1) is 0 Å². The summed E-state index contributed by atoms with van der Waals surface area (Å²) in [5.41, 5.74) is 4.05. The van der Waals surface area contributed by atoms with Crippen LogP contribution in [-0.4, -0.2) is 69.7 Å². The molecule has 2 aliphatic heterocycles. The molecule has 256 valence electrons. The lowest BCUT2D eigenvalue weighted by Crippen LogP contribution is -2.52. The van der Waals surface area contributed by atoms with Crippen LogP contribution in [-0.2, 0) is 27.9 Å². The molecule has 6 rings (SSSR count). The van der Waals surface area contributed by atoms with Crippen LogP contribution in [0.25, 0.3) is 33.6 Å². The number of carbonyl (C=O) groups is 3. The lowest BCUT2D eigenvalue weighted by molar-refractivity contribution is -0.143. The topological polar surface area (TPSA) is 141 Å². The molecule has 1 aromatic carbocycles. The first kappa shape index (κ1) is 33.5. The van der Waals surface area contributed by atoms with Gasteiger partial charge in [0.25, 0.3) is 5.91 Å². The van der Waals surface area contributed by atoms with Gasteiger partial charge in [0.15, 0.2) is 5.82 Å². The normalized spacial score (nSPS) is 21.9. The lowest BCUT2D eigenvalue weighted by atomic mass is 9.85. The zero-order chi connectivity index (χ0) is 34.2. The number of piperidine rings is 1. The van der Waals surface area contributed by atoms with Gasteiger partial charge in [0.05, 0.1) is 37.2 Å². The number of esters is 1. The van der Waals surface area contributed by atoms with E-state index in [1.165, 1.54) is 7.11 Å². The number of benzene rings is 1. The van der Waals surface area contributed by atoms with E-state index in [9.17, 15) is 14.4 Å². The molecule has 4 aromatic rings. The fraction of sp³-hybridized carbons (Fsp3) is 0.528. The first-order valence-electron chi connectivity index (χ1n) is 17.0. The highest BCUT2D eigenvalue weighted by Crippen LogP contribution is 2.35. The molecule has 2 bridgehead atoms. The number of hydrogen-bond donors (Lipinski definition) is 3. The van der Waals surface area contributed by atoms with Crippen molar-refractivity contribution in [2.75, 3.05) is 20.8 Å². The van der Waals surface area contributed by atoms with Crippen molar-refractivity contribution in [2.24, 2.45) is 12.5 Å². The maximum Gasteiger partial charge on any atom is 0.322 e. The molecule has 3 aromatic heterocycles. The largest absolute Gasteiger partial charge is 0.494 e. The number of nitrogens with one attached hydrogen (secondary N) is 3. The minimum atomic E-state index is -0.430. The molecule has 0 aliphatic carbocycles. The summed E-state index contributed by atoms with van der Waals surface area (Å²) in [6, 6.07) is 9.01. The second-order valence-corrected chi connectivity index (χ2v) is 13.8. The van der Waals surface area contributed by atoms with Crippen LogP contribution >= 0.6 is 0 Å². The number of pyridine rings is 1. The van der Waals surface area contributed by atoms with Gasteiger partial charge in [0.2, 0.25) is 5.91 Å². The van der Waals surface area contributed by atoms with Gasteiger partial charge in [0, 0.05) is 42.5 Å². The van der Waals surface area contributed by atoms with Gasteiger partial charge in [-0.3, -0.25) is 14.4 Å². The predicted octanol–water partition coefficient (Wildman–Crippen LogP) is 4.79. The third-order valence-electron chi connectivity index (χ3n) is 9.99. The van der Waals surface area contributed by atoms with Gasteiger partial charge in [-0.05, 0) is 62.9 Å². The molecule has 48 heavy (non-hydrogen) atoms. The predicted molar refractivity (Wildman–Crippen MR) is 184 cm³/mol. The number of amides is 2. The van der Waals surface area contributed by atoms with Gasteiger partial charge < -0.3 is 34.6 Å². The van der Waals surface area contributed by atoms with Crippen LogP contribution in [0.1, 0.15) is 87.8 Å². The van der Waals surface area contributed by atoms with Crippen LogP contribution in [0.2, 0.25) is 0 Å². The second kappa shape index (κ2) is 13.6. The van der Waals surface area contributed by atoms with E-state index in [0.717, 1.165) is 72.4 Å². The molecule has 3 atom stereocenters. The number of aryl methyl sites for hydroxylation is 2. The summed E-state index contributed by atoms with van der Waals surface area (Å²) in [5.74, 6) is 0.832. The van der Waals surface area contributed by atoms with E-state index in [0.29, 0.717) is 36.2 Å². The van der Waals surface area contributed by atoms with E-state index in [1.54, 1.807) is 19.2 Å². The first-order chi connectivity index (χ1) is 23.0. The van der Waals surface area contributed by atoms with Crippen molar-refractivity contribution in [3.05, 3.63) is 41.6 Å². The van der Waals surface area contributed by atoms with Crippen molar-refractivity contribution >= 4 is 39.9 Å². The van der Waals surface area contributed by atoms with E-state index >= 15 is 0 Å². The van der Waals surface area contributed by atoms with E-state index in [-0.39, 0.29) is 35.9 Å². The van der Waals surface area contributed by atoms with E-state index < -0.39 is 5.41 Å². The van der Waals surface area contributed by atoms with E-state index in [1.807, 2.05) is 38.5 Å². The van der Waals surface area contributed by atoms with Crippen LogP contribution in [0.15, 0.2) is 30.3 Å². The third-order valence-corrected chi connectivity index (χ3v) is 9.99. The van der Waals surface area contributed by atoms with E-state index in [2.05, 4.69) is 32.7 Å². The summed E-state index contributed by atoms with van der Waals surface area (Å²) < 4.78 is 14.9. The Hall–Kier alpha value is -4.45. The molecule has 1 fully saturated rings. The SMILES string of the molecule is COC(=O)[C@H]1CC[C@@H](NC(=O)c2cc(OC)c3c(c2)nc(-c2cc4ccc5nc4n2CCCCCCC(C)(C)C(=O)N[C@@H]5C)n3C)CN1. The van der Waals surface area contributed by atoms with Crippen molar-refractivity contribution in [1.29, 1.82) is 0 Å². The molecule has 2 aliphatic rings. The molecule has 5 heterocycles. The smallest absolute Gasteiger partial charge is 0.322 e. The Bertz CT molecular complexity index is 1850. The number of rotatable bonds is 5. The zero-order valence-corrected chi connectivity index (χ0v) is 28.8. The third kappa shape index (κ3) is 6.50. The van der Waals surface area contributed by atoms with Crippen LogP contribution in [0.5, 0.6) is 5.75 Å². The first-order valence-corrected chi connectivity index (χ1v) is 17.0.